The van der Waals surface area contributed by atoms with Crippen molar-refractivity contribution in [3.63, 3.8) is 0 Å². The van der Waals surface area contributed by atoms with Crippen LogP contribution in [-0.2, 0) is 6.54 Å². The van der Waals surface area contributed by atoms with Crippen LogP contribution in [-0.4, -0.2) is 21.6 Å². The van der Waals surface area contributed by atoms with Crippen LogP contribution >= 0.6 is 0 Å². The van der Waals surface area contributed by atoms with Crippen molar-refractivity contribution in [1.29, 1.82) is 0 Å². The van der Waals surface area contributed by atoms with Crippen molar-refractivity contribution in [2.45, 2.75) is 26.5 Å². The number of rotatable bonds is 5. The fourth-order valence-electron chi connectivity index (χ4n) is 2.04. The molecule has 0 saturated carbocycles. The van der Waals surface area contributed by atoms with Gasteiger partial charge in [-0.25, -0.2) is 4.98 Å². The predicted molar refractivity (Wildman–Crippen MR) is 75.8 cm³/mol. The maximum Gasteiger partial charge on any atom is 0.134 e. The van der Waals surface area contributed by atoms with Crippen LogP contribution in [0.4, 0.5) is 5.82 Å². The molecule has 1 unspecified atom stereocenters. The first-order valence-electron chi connectivity index (χ1n) is 6.49. The molecular formula is C15H19N3O. The lowest BCUT2D eigenvalue weighted by molar-refractivity contribution is 0.199. The molecule has 1 N–H and O–H groups in total. The number of nitrogens with zero attached hydrogens (tertiary/aromatic N) is 3. The SMILES string of the molecule is CCN(Cc1ccncc1)c1ncccc1C(C)O. The summed E-state index contributed by atoms with van der Waals surface area (Å²) in [5, 5.41) is 9.84. The first-order valence-corrected chi connectivity index (χ1v) is 6.49. The average Bonchev–Trinajstić information content (AvgIpc) is 2.46. The van der Waals surface area contributed by atoms with E-state index < -0.39 is 6.10 Å². The summed E-state index contributed by atoms with van der Waals surface area (Å²) < 4.78 is 0. The average molecular weight is 257 g/mol. The van der Waals surface area contributed by atoms with Gasteiger partial charge in [-0.3, -0.25) is 4.98 Å². The van der Waals surface area contributed by atoms with Crippen LogP contribution in [0, 0.1) is 0 Å². The van der Waals surface area contributed by atoms with Crippen molar-refractivity contribution in [2.24, 2.45) is 0 Å². The van der Waals surface area contributed by atoms with Gasteiger partial charge in [-0.1, -0.05) is 6.07 Å². The molecular weight excluding hydrogens is 238 g/mol. The van der Waals surface area contributed by atoms with Crippen molar-refractivity contribution in [3.05, 3.63) is 54.0 Å². The molecule has 0 spiro atoms. The van der Waals surface area contributed by atoms with E-state index in [1.165, 1.54) is 5.56 Å². The van der Waals surface area contributed by atoms with Gasteiger partial charge >= 0.3 is 0 Å². The maximum absolute atomic E-state index is 9.84. The Kier molecular flexibility index (Phi) is 4.47. The van der Waals surface area contributed by atoms with Gasteiger partial charge in [0.25, 0.3) is 0 Å². The molecule has 0 aliphatic rings. The summed E-state index contributed by atoms with van der Waals surface area (Å²) >= 11 is 0. The summed E-state index contributed by atoms with van der Waals surface area (Å²) in [6.45, 7) is 5.44. The Morgan fingerprint density at radius 3 is 2.58 bits per heavy atom. The fraction of sp³-hybridized carbons (Fsp3) is 0.333. The number of aliphatic hydroxyl groups is 1. The lowest BCUT2D eigenvalue weighted by atomic mass is 10.1. The molecule has 1 atom stereocenters. The summed E-state index contributed by atoms with van der Waals surface area (Å²) in [5.41, 5.74) is 2.04. The van der Waals surface area contributed by atoms with Gasteiger partial charge < -0.3 is 10.0 Å². The van der Waals surface area contributed by atoms with Crippen LogP contribution in [0.5, 0.6) is 0 Å². The van der Waals surface area contributed by atoms with E-state index in [-0.39, 0.29) is 0 Å². The maximum atomic E-state index is 9.84. The molecule has 0 aliphatic heterocycles. The second-order valence-electron chi connectivity index (χ2n) is 4.46. The Balaban J connectivity index is 2.27. The standard InChI is InChI=1S/C15H19N3O/c1-3-18(11-13-6-9-16-10-7-13)15-14(12(2)19)5-4-8-17-15/h4-10,12,19H,3,11H2,1-2H3. The van der Waals surface area contributed by atoms with Gasteiger partial charge in [-0.05, 0) is 37.6 Å². The van der Waals surface area contributed by atoms with E-state index in [1.54, 1.807) is 25.5 Å². The van der Waals surface area contributed by atoms with Crippen LogP contribution in [0.15, 0.2) is 42.9 Å². The largest absolute Gasteiger partial charge is 0.389 e. The molecule has 100 valence electrons. The molecule has 0 aliphatic carbocycles. The van der Waals surface area contributed by atoms with E-state index >= 15 is 0 Å². The molecule has 19 heavy (non-hydrogen) atoms. The molecule has 2 aromatic heterocycles. The topological polar surface area (TPSA) is 49.2 Å². The number of pyridine rings is 2. The zero-order chi connectivity index (χ0) is 13.7. The molecule has 0 aromatic carbocycles. The van der Waals surface area contributed by atoms with E-state index in [2.05, 4.69) is 21.8 Å². The zero-order valence-electron chi connectivity index (χ0n) is 11.3. The summed E-state index contributed by atoms with van der Waals surface area (Å²) in [7, 11) is 0. The Morgan fingerprint density at radius 2 is 1.95 bits per heavy atom. The number of aromatic nitrogens is 2. The lowest BCUT2D eigenvalue weighted by Gasteiger charge is -2.25. The molecule has 0 bridgehead atoms. The monoisotopic (exact) mass is 257 g/mol. The first-order chi connectivity index (χ1) is 9.22. The van der Waals surface area contributed by atoms with Gasteiger partial charge in [0.2, 0.25) is 0 Å². The van der Waals surface area contributed by atoms with Crippen molar-refractivity contribution < 1.29 is 5.11 Å². The minimum absolute atomic E-state index is 0.518. The van der Waals surface area contributed by atoms with Crippen molar-refractivity contribution in [3.8, 4) is 0 Å². The van der Waals surface area contributed by atoms with Crippen LogP contribution in [0.2, 0.25) is 0 Å². The lowest BCUT2D eigenvalue weighted by Crippen LogP contribution is -2.24. The van der Waals surface area contributed by atoms with Gasteiger partial charge in [0.1, 0.15) is 5.82 Å². The van der Waals surface area contributed by atoms with Crippen molar-refractivity contribution in [2.75, 3.05) is 11.4 Å². The van der Waals surface area contributed by atoms with Crippen molar-refractivity contribution in [1.82, 2.24) is 9.97 Å². The summed E-state index contributed by atoms with van der Waals surface area (Å²) in [4.78, 5) is 10.6. The highest BCUT2D eigenvalue weighted by Gasteiger charge is 2.14. The third-order valence-corrected chi connectivity index (χ3v) is 3.07. The molecule has 2 aromatic rings. The fourth-order valence-corrected chi connectivity index (χ4v) is 2.04. The Labute approximate surface area is 113 Å². The summed E-state index contributed by atoms with van der Waals surface area (Å²) in [6.07, 6.45) is 4.82. The molecule has 4 heteroatoms. The number of aliphatic hydroxyl groups excluding tert-OH is 1. The number of anilines is 1. The van der Waals surface area contributed by atoms with Crippen molar-refractivity contribution >= 4 is 5.82 Å². The highest BCUT2D eigenvalue weighted by molar-refractivity contribution is 5.48. The van der Waals surface area contributed by atoms with E-state index in [4.69, 9.17) is 0 Å². The van der Waals surface area contributed by atoms with Crippen LogP contribution in [0.25, 0.3) is 0 Å². The first kappa shape index (κ1) is 13.5. The molecule has 0 radical (unpaired) electrons. The molecule has 0 saturated heterocycles. The molecule has 2 heterocycles. The second-order valence-corrected chi connectivity index (χ2v) is 4.46. The van der Waals surface area contributed by atoms with Crippen LogP contribution in [0.3, 0.4) is 0 Å². The van der Waals surface area contributed by atoms with E-state index in [0.717, 1.165) is 24.5 Å². The van der Waals surface area contributed by atoms with Gasteiger partial charge in [-0.15, -0.1) is 0 Å². The van der Waals surface area contributed by atoms with Crippen LogP contribution in [0.1, 0.15) is 31.1 Å². The van der Waals surface area contributed by atoms with E-state index in [9.17, 15) is 5.11 Å². The van der Waals surface area contributed by atoms with Gasteiger partial charge in [0.15, 0.2) is 0 Å². The van der Waals surface area contributed by atoms with Gasteiger partial charge in [0.05, 0.1) is 6.10 Å². The highest BCUT2D eigenvalue weighted by Crippen LogP contribution is 2.24. The number of hydrogen-bond acceptors (Lipinski definition) is 4. The van der Waals surface area contributed by atoms with Crippen LogP contribution < -0.4 is 4.90 Å². The second kappa shape index (κ2) is 6.29. The van der Waals surface area contributed by atoms with E-state index in [1.807, 2.05) is 24.3 Å². The Morgan fingerprint density at radius 1 is 1.21 bits per heavy atom. The third kappa shape index (κ3) is 3.29. The Hall–Kier alpha value is -1.94. The summed E-state index contributed by atoms with van der Waals surface area (Å²) in [6, 6.07) is 7.76. The zero-order valence-corrected chi connectivity index (χ0v) is 11.3. The molecule has 4 nitrogen and oxygen atoms in total. The van der Waals surface area contributed by atoms with E-state index in [0.29, 0.717) is 0 Å². The quantitative estimate of drug-likeness (QED) is 0.894. The molecule has 0 fully saturated rings. The smallest absolute Gasteiger partial charge is 0.134 e. The summed E-state index contributed by atoms with van der Waals surface area (Å²) in [5.74, 6) is 0.844. The molecule has 0 amide bonds. The minimum atomic E-state index is -0.518. The van der Waals surface area contributed by atoms with Gasteiger partial charge in [0, 0.05) is 37.2 Å². The number of hydrogen-bond donors (Lipinski definition) is 1. The molecule has 2 rings (SSSR count). The normalized spacial score (nSPS) is 12.2. The predicted octanol–water partition coefficient (Wildman–Crippen LogP) is 2.56. The highest BCUT2D eigenvalue weighted by atomic mass is 16.3. The third-order valence-electron chi connectivity index (χ3n) is 3.07. The minimum Gasteiger partial charge on any atom is -0.389 e. The van der Waals surface area contributed by atoms with Gasteiger partial charge in [-0.2, -0.15) is 0 Å². The Bertz CT molecular complexity index is 514.